The third-order valence-electron chi connectivity index (χ3n) is 5.91. The van der Waals surface area contributed by atoms with Crippen LogP contribution in [0, 0.1) is 17.7 Å². The van der Waals surface area contributed by atoms with E-state index in [0.29, 0.717) is 51.5 Å². The number of amides is 2. The van der Waals surface area contributed by atoms with E-state index in [4.69, 9.17) is 17.0 Å². The number of nitrogens with one attached hydrogen (secondary N) is 2. The molecule has 0 spiro atoms. The molecule has 0 aliphatic rings. The lowest BCUT2D eigenvalue weighted by Gasteiger charge is -2.25. The van der Waals surface area contributed by atoms with Gasteiger partial charge in [-0.2, -0.15) is 0 Å². The van der Waals surface area contributed by atoms with Gasteiger partial charge in [-0.25, -0.2) is 4.39 Å². The number of rotatable bonds is 10. The average molecular weight is 593 g/mol. The number of ether oxygens (including phenoxy) is 1. The van der Waals surface area contributed by atoms with Crippen LogP contribution < -0.4 is 15.4 Å². The minimum Gasteiger partial charge on any atom is -0.453 e. The first-order valence-corrected chi connectivity index (χ1v) is 14.6. The number of thiophene rings is 1. The number of anilines is 1. The van der Waals surface area contributed by atoms with Gasteiger partial charge in [0.15, 0.2) is 16.7 Å². The van der Waals surface area contributed by atoms with E-state index in [1.165, 1.54) is 23.5 Å². The fraction of sp³-hybridized carbons (Fsp3) is 0.290. The number of carbonyl (C=O) groups is 2. The molecule has 0 atom stereocenters. The molecule has 0 aliphatic heterocycles. The third kappa shape index (κ3) is 8.31. The van der Waals surface area contributed by atoms with Gasteiger partial charge in [0.05, 0.1) is 21.5 Å². The second kappa shape index (κ2) is 13.6. The Kier molecular flexibility index (Phi) is 10.0. The molecule has 4 aromatic rings. The van der Waals surface area contributed by atoms with E-state index in [9.17, 15) is 9.59 Å². The van der Waals surface area contributed by atoms with Crippen molar-refractivity contribution in [1.29, 1.82) is 0 Å². The molecule has 2 heterocycles. The molecule has 2 amide bonds. The number of thiocarbonyl (C=S) groups is 1. The highest BCUT2D eigenvalue weighted by Gasteiger charge is 2.22. The Morgan fingerprint density at radius 3 is 2.37 bits per heavy atom. The molecule has 41 heavy (non-hydrogen) atoms. The first-order chi connectivity index (χ1) is 19.6. The highest BCUT2D eigenvalue weighted by atomic mass is 32.1. The summed E-state index contributed by atoms with van der Waals surface area (Å²) in [6.07, 6.45) is 1.75. The molecule has 0 aliphatic carbocycles. The van der Waals surface area contributed by atoms with Crippen LogP contribution in [0.15, 0.2) is 66.9 Å². The van der Waals surface area contributed by atoms with Gasteiger partial charge in [0.2, 0.25) is 5.91 Å². The molecular weight excluding hydrogens is 559 g/mol. The number of benzene rings is 2. The minimum atomic E-state index is -0.619. The van der Waals surface area contributed by atoms with E-state index in [2.05, 4.69) is 43.3 Å². The van der Waals surface area contributed by atoms with Gasteiger partial charge in [0, 0.05) is 37.1 Å². The lowest BCUT2D eigenvalue weighted by Crippen LogP contribution is -2.36. The maximum absolute atomic E-state index is 15.0. The van der Waals surface area contributed by atoms with Gasteiger partial charge in [-0.3, -0.25) is 14.6 Å². The Labute approximate surface area is 248 Å². The first-order valence-electron chi connectivity index (χ1n) is 13.4. The van der Waals surface area contributed by atoms with Gasteiger partial charge in [0.25, 0.3) is 5.91 Å². The van der Waals surface area contributed by atoms with E-state index in [-0.39, 0.29) is 29.1 Å². The molecule has 10 heteroatoms. The highest BCUT2D eigenvalue weighted by Crippen LogP contribution is 2.36. The molecule has 214 valence electrons. The second-order valence-corrected chi connectivity index (χ2v) is 12.0. The van der Waals surface area contributed by atoms with Gasteiger partial charge >= 0.3 is 0 Å². The monoisotopic (exact) mass is 592 g/mol. The van der Waals surface area contributed by atoms with Crippen LogP contribution >= 0.6 is 23.6 Å². The predicted octanol–water partition coefficient (Wildman–Crippen LogP) is 7.04. The van der Waals surface area contributed by atoms with Crippen LogP contribution in [0.4, 0.5) is 10.1 Å². The number of carbonyl (C=O) groups excluding carboxylic acids is 2. The van der Waals surface area contributed by atoms with E-state index >= 15 is 4.39 Å². The smallest absolute Gasteiger partial charge is 0.264 e. The number of halogens is 1. The van der Waals surface area contributed by atoms with Gasteiger partial charge in [0.1, 0.15) is 5.75 Å². The maximum Gasteiger partial charge on any atom is 0.264 e. The summed E-state index contributed by atoms with van der Waals surface area (Å²) in [5.41, 5.74) is 1.83. The second-order valence-electron chi connectivity index (χ2n) is 10.5. The molecule has 0 saturated heterocycles. The van der Waals surface area contributed by atoms with Crippen molar-refractivity contribution in [2.75, 3.05) is 18.4 Å². The van der Waals surface area contributed by atoms with Crippen molar-refractivity contribution in [3.8, 4) is 11.5 Å². The van der Waals surface area contributed by atoms with Gasteiger partial charge < -0.3 is 20.3 Å². The molecule has 7 nitrogen and oxygen atoms in total. The molecular formula is C31H33FN4O3S2. The molecule has 4 rings (SSSR count). The number of aromatic nitrogens is 1. The standard InChI is InChI=1S/C31H33FN4O3S2/c1-19(2)17-36(18-20(3)4)30(38)27-16-24-29(41-27)26(12-13-33-24)39-25-11-10-22(15-23(25)32)34-31(40)35-28(37)14-21-8-6-5-7-9-21/h5-13,15-16,19-20H,14,17-18H2,1-4H3,(H2,34,35,37,40). The lowest BCUT2D eigenvalue weighted by molar-refractivity contribution is -0.119. The van der Waals surface area contributed by atoms with E-state index < -0.39 is 5.82 Å². The number of hydrogen-bond acceptors (Lipinski definition) is 6. The zero-order valence-corrected chi connectivity index (χ0v) is 25.1. The summed E-state index contributed by atoms with van der Waals surface area (Å²) in [6, 6.07) is 17.0. The van der Waals surface area contributed by atoms with Crippen molar-refractivity contribution < 1.29 is 18.7 Å². The maximum atomic E-state index is 15.0. The molecule has 0 radical (unpaired) electrons. The summed E-state index contributed by atoms with van der Waals surface area (Å²) in [5.74, 6) is 0.141. The van der Waals surface area contributed by atoms with Crippen molar-refractivity contribution >= 4 is 56.4 Å². The third-order valence-corrected chi connectivity index (χ3v) is 7.25. The SMILES string of the molecule is CC(C)CN(CC(C)C)C(=O)c1cc2nccc(Oc3ccc(NC(=S)NC(=O)Cc4ccccc4)cc3F)c2s1. The molecule has 0 saturated carbocycles. The first kappa shape index (κ1) is 30.1. The fourth-order valence-electron chi connectivity index (χ4n) is 4.27. The summed E-state index contributed by atoms with van der Waals surface area (Å²) in [7, 11) is 0. The number of fused-ring (bicyclic) bond motifs is 1. The number of nitrogens with zero attached hydrogens (tertiary/aromatic N) is 2. The topological polar surface area (TPSA) is 83.6 Å². The summed E-state index contributed by atoms with van der Waals surface area (Å²) >= 11 is 6.50. The largest absolute Gasteiger partial charge is 0.453 e. The zero-order chi connectivity index (χ0) is 29.5. The molecule has 0 bridgehead atoms. The van der Waals surface area contributed by atoms with Crippen LogP contribution in [0.1, 0.15) is 42.9 Å². The predicted molar refractivity (Wildman–Crippen MR) is 166 cm³/mol. The van der Waals surface area contributed by atoms with Crippen molar-refractivity contribution in [1.82, 2.24) is 15.2 Å². The van der Waals surface area contributed by atoms with Gasteiger partial charge in [-0.1, -0.05) is 58.0 Å². The normalized spacial score (nSPS) is 11.1. The quantitative estimate of drug-likeness (QED) is 0.192. The summed E-state index contributed by atoms with van der Waals surface area (Å²) < 4.78 is 21.6. The van der Waals surface area contributed by atoms with Crippen molar-refractivity contribution in [2.45, 2.75) is 34.1 Å². The fourth-order valence-corrected chi connectivity index (χ4v) is 5.54. The van der Waals surface area contributed by atoms with Crippen LogP contribution in [0.3, 0.4) is 0 Å². The Hall–Kier alpha value is -3.89. The summed E-state index contributed by atoms with van der Waals surface area (Å²) in [5, 5.41) is 5.49. The van der Waals surface area contributed by atoms with Crippen LogP contribution in [0.2, 0.25) is 0 Å². The van der Waals surface area contributed by atoms with Gasteiger partial charge in [-0.15, -0.1) is 11.3 Å². The van der Waals surface area contributed by atoms with Crippen LogP contribution in [0.5, 0.6) is 11.5 Å². The summed E-state index contributed by atoms with van der Waals surface area (Å²) in [4.78, 5) is 32.4. The van der Waals surface area contributed by atoms with Crippen LogP contribution in [0.25, 0.3) is 10.2 Å². The van der Waals surface area contributed by atoms with E-state index in [0.717, 1.165) is 5.56 Å². The van der Waals surface area contributed by atoms with Crippen molar-refractivity contribution in [3.63, 3.8) is 0 Å². The van der Waals surface area contributed by atoms with Crippen LogP contribution in [-0.4, -0.2) is 39.9 Å². The van der Waals surface area contributed by atoms with Crippen molar-refractivity contribution in [2.24, 2.45) is 11.8 Å². The Balaban J connectivity index is 1.45. The molecule has 2 aromatic heterocycles. The van der Waals surface area contributed by atoms with Crippen LogP contribution in [-0.2, 0) is 11.2 Å². The highest BCUT2D eigenvalue weighted by molar-refractivity contribution is 7.80. The molecule has 2 aromatic carbocycles. The molecule has 2 N–H and O–H groups in total. The van der Waals surface area contributed by atoms with E-state index in [1.54, 1.807) is 24.4 Å². The Morgan fingerprint density at radius 1 is 1.00 bits per heavy atom. The molecule has 0 unspecified atom stereocenters. The zero-order valence-electron chi connectivity index (χ0n) is 23.4. The molecule has 0 fully saturated rings. The van der Waals surface area contributed by atoms with E-state index in [1.807, 2.05) is 35.2 Å². The average Bonchev–Trinajstić information content (AvgIpc) is 3.35. The lowest BCUT2D eigenvalue weighted by atomic mass is 10.1. The Bertz CT molecular complexity index is 1530. The number of hydrogen-bond donors (Lipinski definition) is 2. The van der Waals surface area contributed by atoms with Crippen molar-refractivity contribution in [3.05, 3.63) is 83.1 Å². The number of pyridine rings is 1. The minimum absolute atomic E-state index is 0.00426. The van der Waals surface area contributed by atoms with Gasteiger partial charge in [-0.05, 0) is 47.8 Å². The Morgan fingerprint density at radius 2 is 1.71 bits per heavy atom. The summed E-state index contributed by atoms with van der Waals surface area (Å²) in [6.45, 7) is 9.67.